The fraction of sp³-hybridized carbons (Fsp3) is 0.538. The number of aromatic nitrogens is 1. The molecule has 0 bridgehead atoms. The lowest BCUT2D eigenvalue weighted by Crippen LogP contribution is -2.13. The minimum Gasteiger partial charge on any atom is -0.464 e. The van der Waals surface area contributed by atoms with Crippen molar-refractivity contribution in [3.63, 3.8) is 0 Å². The fourth-order valence-corrected chi connectivity index (χ4v) is 2.18. The zero-order valence-electron chi connectivity index (χ0n) is 10.6. The molecule has 6 heteroatoms. The number of rotatable bonds is 4. The molecule has 5 nitrogen and oxygen atoms in total. The highest BCUT2D eigenvalue weighted by Crippen LogP contribution is 2.28. The van der Waals surface area contributed by atoms with Crippen LogP contribution in [0.4, 0.5) is 4.39 Å². The van der Waals surface area contributed by atoms with Gasteiger partial charge in [0.1, 0.15) is 17.6 Å². The Kier molecular flexibility index (Phi) is 4.19. The normalized spacial score (nSPS) is 22.2. The van der Waals surface area contributed by atoms with Gasteiger partial charge in [-0.2, -0.15) is 0 Å². The molecule has 0 aliphatic heterocycles. The summed E-state index contributed by atoms with van der Waals surface area (Å²) >= 11 is 0. The molecular weight excluding hydrogens is 253 g/mol. The molecule has 2 atom stereocenters. The van der Waals surface area contributed by atoms with Crippen LogP contribution in [0.15, 0.2) is 12.1 Å². The first-order valence-electron chi connectivity index (χ1n) is 6.18. The number of hydrogen-bond acceptors (Lipinski definition) is 4. The number of aromatic amines is 1. The number of esters is 2. The van der Waals surface area contributed by atoms with Crippen molar-refractivity contribution < 1.29 is 23.5 Å². The summed E-state index contributed by atoms with van der Waals surface area (Å²) in [5.41, 5.74) is 0.384. The predicted octanol–water partition coefficient (Wildman–Crippen LogP) is 2.10. The van der Waals surface area contributed by atoms with Gasteiger partial charge in [0.05, 0.1) is 13.7 Å². The number of ether oxygens (including phenoxy) is 2. The van der Waals surface area contributed by atoms with Crippen LogP contribution in [0, 0.1) is 5.92 Å². The number of hydrogen-bond donors (Lipinski definition) is 1. The highest BCUT2D eigenvalue weighted by Gasteiger charge is 2.25. The first-order chi connectivity index (χ1) is 9.10. The van der Waals surface area contributed by atoms with Gasteiger partial charge in [-0.25, -0.2) is 14.0 Å². The Balaban J connectivity index is 1.86. The van der Waals surface area contributed by atoms with Crippen LogP contribution in [0.2, 0.25) is 0 Å². The van der Waals surface area contributed by atoms with Gasteiger partial charge in [0.2, 0.25) is 0 Å². The third-order valence-electron chi connectivity index (χ3n) is 3.24. The van der Waals surface area contributed by atoms with E-state index in [9.17, 15) is 14.0 Å². The molecular formula is C13H16FNO4. The summed E-state index contributed by atoms with van der Waals surface area (Å²) in [5, 5.41) is 0. The standard InChI is InChI=1S/C13H16FNO4/c1-18-12(16)10-4-5-11(15-10)13(17)19-7-8-2-3-9(14)6-8/h4-5,8-9,15H,2-3,6-7H2,1H3. The maximum absolute atomic E-state index is 13.0. The van der Waals surface area contributed by atoms with E-state index in [0.717, 1.165) is 6.42 Å². The Morgan fingerprint density at radius 1 is 1.32 bits per heavy atom. The van der Waals surface area contributed by atoms with Gasteiger partial charge in [-0.3, -0.25) is 0 Å². The van der Waals surface area contributed by atoms with E-state index < -0.39 is 18.1 Å². The maximum atomic E-state index is 13.0. The summed E-state index contributed by atoms with van der Waals surface area (Å²) < 4.78 is 22.6. The van der Waals surface area contributed by atoms with Crippen molar-refractivity contribution in [3.05, 3.63) is 23.5 Å². The Bertz CT molecular complexity index is 471. The van der Waals surface area contributed by atoms with Crippen LogP contribution in [0.3, 0.4) is 0 Å². The van der Waals surface area contributed by atoms with Gasteiger partial charge in [0.25, 0.3) is 0 Å². The maximum Gasteiger partial charge on any atom is 0.354 e. The van der Waals surface area contributed by atoms with Crippen molar-refractivity contribution in [2.75, 3.05) is 13.7 Å². The summed E-state index contributed by atoms with van der Waals surface area (Å²) in [5.74, 6) is -0.999. The average molecular weight is 269 g/mol. The first kappa shape index (κ1) is 13.6. The van der Waals surface area contributed by atoms with Gasteiger partial charge in [0.15, 0.2) is 0 Å². The lowest BCUT2D eigenvalue weighted by Gasteiger charge is -2.09. The molecule has 2 unspecified atom stereocenters. The highest BCUT2D eigenvalue weighted by atomic mass is 19.1. The number of H-pyrrole nitrogens is 1. The average Bonchev–Trinajstić information content (AvgIpc) is 3.04. The van der Waals surface area contributed by atoms with E-state index in [4.69, 9.17) is 4.74 Å². The Morgan fingerprint density at radius 2 is 2.00 bits per heavy atom. The Morgan fingerprint density at radius 3 is 2.58 bits per heavy atom. The van der Waals surface area contributed by atoms with Crippen LogP contribution in [0.5, 0.6) is 0 Å². The van der Waals surface area contributed by atoms with E-state index >= 15 is 0 Å². The quantitative estimate of drug-likeness (QED) is 0.850. The lowest BCUT2D eigenvalue weighted by atomic mass is 10.1. The van der Waals surface area contributed by atoms with E-state index in [0.29, 0.717) is 12.8 Å². The van der Waals surface area contributed by atoms with Gasteiger partial charge in [-0.1, -0.05) is 0 Å². The minimum atomic E-state index is -0.778. The summed E-state index contributed by atoms with van der Waals surface area (Å²) in [6.07, 6.45) is 0.954. The van der Waals surface area contributed by atoms with Crippen LogP contribution in [0.1, 0.15) is 40.2 Å². The number of methoxy groups -OCH3 is 1. The van der Waals surface area contributed by atoms with Crippen LogP contribution in [0.25, 0.3) is 0 Å². The van der Waals surface area contributed by atoms with Crippen molar-refractivity contribution >= 4 is 11.9 Å². The van der Waals surface area contributed by atoms with Gasteiger partial charge in [-0.05, 0) is 37.3 Å². The van der Waals surface area contributed by atoms with Crippen molar-refractivity contribution in [2.24, 2.45) is 5.92 Å². The molecule has 0 amide bonds. The SMILES string of the molecule is COC(=O)c1ccc(C(=O)OCC2CCC(F)C2)[nH]1. The third-order valence-corrected chi connectivity index (χ3v) is 3.24. The summed E-state index contributed by atoms with van der Waals surface area (Å²) in [6.45, 7) is 0.214. The monoisotopic (exact) mass is 269 g/mol. The van der Waals surface area contributed by atoms with E-state index in [1.165, 1.54) is 19.2 Å². The molecule has 2 rings (SSSR count). The largest absolute Gasteiger partial charge is 0.464 e. The lowest BCUT2D eigenvalue weighted by molar-refractivity contribution is 0.0432. The second-order valence-corrected chi connectivity index (χ2v) is 4.65. The van der Waals surface area contributed by atoms with E-state index in [-0.39, 0.29) is 23.9 Å². The van der Waals surface area contributed by atoms with Crippen LogP contribution < -0.4 is 0 Å². The Hall–Kier alpha value is -1.85. The molecule has 1 heterocycles. The smallest absolute Gasteiger partial charge is 0.354 e. The van der Waals surface area contributed by atoms with Gasteiger partial charge in [0, 0.05) is 0 Å². The molecule has 1 fully saturated rings. The van der Waals surface area contributed by atoms with E-state index in [2.05, 4.69) is 9.72 Å². The number of alkyl halides is 1. The number of halogens is 1. The van der Waals surface area contributed by atoms with Crippen molar-refractivity contribution in [2.45, 2.75) is 25.4 Å². The van der Waals surface area contributed by atoms with Crippen molar-refractivity contribution in [3.8, 4) is 0 Å². The van der Waals surface area contributed by atoms with Crippen molar-refractivity contribution in [1.82, 2.24) is 4.98 Å². The number of nitrogens with one attached hydrogen (secondary N) is 1. The van der Waals surface area contributed by atoms with Gasteiger partial charge in [-0.15, -0.1) is 0 Å². The zero-order chi connectivity index (χ0) is 13.8. The topological polar surface area (TPSA) is 68.4 Å². The molecule has 0 aromatic carbocycles. The summed E-state index contributed by atoms with van der Waals surface area (Å²) in [4.78, 5) is 25.5. The molecule has 0 spiro atoms. The molecule has 19 heavy (non-hydrogen) atoms. The second-order valence-electron chi connectivity index (χ2n) is 4.65. The molecule has 1 aromatic rings. The van der Waals surface area contributed by atoms with Crippen LogP contribution >= 0.6 is 0 Å². The minimum absolute atomic E-state index is 0.0917. The molecule has 1 N–H and O–H groups in total. The number of carbonyl (C=O) groups is 2. The molecule has 104 valence electrons. The summed E-state index contributed by atoms with van der Waals surface area (Å²) in [7, 11) is 1.26. The molecule has 1 aliphatic rings. The zero-order valence-corrected chi connectivity index (χ0v) is 10.6. The van der Waals surface area contributed by atoms with Crippen molar-refractivity contribution in [1.29, 1.82) is 0 Å². The number of carbonyl (C=O) groups excluding carboxylic acids is 2. The molecule has 1 aliphatic carbocycles. The van der Waals surface area contributed by atoms with Crippen LogP contribution in [-0.2, 0) is 9.47 Å². The highest BCUT2D eigenvalue weighted by molar-refractivity contribution is 5.92. The molecule has 1 saturated carbocycles. The predicted molar refractivity (Wildman–Crippen MR) is 64.7 cm³/mol. The van der Waals surface area contributed by atoms with E-state index in [1.807, 2.05) is 0 Å². The van der Waals surface area contributed by atoms with Crippen LogP contribution in [-0.4, -0.2) is 36.8 Å². The Labute approximate surface area is 110 Å². The second kappa shape index (κ2) is 5.86. The fourth-order valence-electron chi connectivity index (χ4n) is 2.18. The third kappa shape index (κ3) is 3.33. The molecule has 0 radical (unpaired) electrons. The first-order valence-corrected chi connectivity index (χ1v) is 6.18. The van der Waals surface area contributed by atoms with Gasteiger partial charge >= 0.3 is 11.9 Å². The van der Waals surface area contributed by atoms with Gasteiger partial charge < -0.3 is 14.5 Å². The molecule has 0 saturated heterocycles. The van der Waals surface area contributed by atoms with E-state index in [1.54, 1.807) is 0 Å². The summed E-state index contributed by atoms with van der Waals surface area (Å²) in [6, 6.07) is 2.91. The molecule has 1 aromatic heterocycles.